The molecule has 0 aliphatic heterocycles. The molecule has 0 aromatic heterocycles. The molecule has 6 nitrogen and oxygen atoms in total. The van der Waals surface area contributed by atoms with Crippen molar-refractivity contribution >= 4 is 21.6 Å². The number of rotatable bonds is 8. The molecular weight excluding hydrogens is 421 g/mol. The van der Waals surface area contributed by atoms with Gasteiger partial charge in [-0.2, -0.15) is 13.2 Å². The fraction of sp³-hybridized carbons (Fsp3) is 0.350. The van der Waals surface area contributed by atoms with Crippen LogP contribution in [0.4, 0.5) is 18.9 Å². The van der Waals surface area contributed by atoms with E-state index in [1.807, 2.05) is 26.0 Å². The van der Waals surface area contributed by atoms with Gasteiger partial charge in [0.1, 0.15) is 18.9 Å². The van der Waals surface area contributed by atoms with Gasteiger partial charge >= 0.3 is 6.18 Å². The topological polar surface area (TPSA) is 75.7 Å². The Labute approximate surface area is 173 Å². The minimum atomic E-state index is -4.63. The van der Waals surface area contributed by atoms with Crippen LogP contribution >= 0.6 is 0 Å². The van der Waals surface area contributed by atoms with Gasteiger partial charge in [-0.3, -0.25) is 9.10 Å². The number of alkyl halides is 3. The first-order valence-electron chi connectivity index (χ1n) is 8.99. The second-order valence-corrected chi connectivity index (χ2v) is 8.67. The Morgan fingerprint density at radius 2 is 1.80 bits per heavy atom. The second kappa shape index (κ2) is 9.38. The van der Waals surface area contributed by atoms with Gasteiger partial charge < -0.3 is 10.1 Å². The van der Waals surface area contributed by atoms with E-state index in [0.29, 0.717) is 16.1 Å². The third kappa shape index (κ3) is 6.65. The minimum Gasteiger partial charge on any atom is -0.492 e. The number of halogens is 3. The van der Waals surface area contributed by atoms with Crippen LogP contribution in [-0.4, -0.2) is 40.3 Å². The summed E-state index contributed by atoms with van der Waals surface area (Å²) in [6, 6.07) is 9.37. The summed E-state index contributed by atoms with van der Waals surface area (Å²) in [5, 5.41) is 2.50. The Hall–Kier alpha value is -2.75. The summed E-state index contributed by atoms with van der Waals surface area (Å²) in [4.78, 5) is 12.2. The quantitative estimate of drug-likeness (QED) is 0.634. The Balaban J connectivity index is 1.98. The van der Waals surface area contributed by atoms with Gasteiger partial charge in [-0.25, -0.2) is 8.42 Å². The van der Waals surface area contributed by atoms with Crippen molar-refractivity contribution < 1.29 is 31.1 Å². The molecule has 164 valence electrons. The molecular formula is C20H23F3N2O4S. The zero-order valence-electron chi connectivity index (χ0n) is 16.8. The summed E-state index contributed by atoms with van der Waals surface area (Å²) in [6.45, 7) is 3.52. The first-order chi connectivity index (χ1) is 13.9. The highest BCUT2D eigenvalue weighted by molar-refractivity contribution is 7.92. The first kappa shape index (κ1) is 23.5. The Bertz CT molecular complexity index is 1010. The van der Waals surface area contributed by atoms with Crippen LogP contribution in [0.15, 0.2) is 42.5 Å². The van der Waals surface area contributed by atoms with E-state index in [-0.39, 0.29) is 18.8 Å². The molecule has 0 aliphatic rings. The summed E-state index contributed by atoms with van der Waals surface area (Å²) < 4.78 is 69.0. The zero-order chi connectivity index (χ0) is 22.5. The molecule has 0 spiro atoms. The van der Waals surface area contributed by atoms with Crippen molar-refractivity contribution in [3.05, 3.63) is 59.2 Å². The lowest BCUT2D eigenvalue weighted by atomic mass is 10.1. The van der Waals surface area contributed by atoms with Crippen LogP contribution in [0.25, 0.3) is 0 Å². The lowest BCUT2D eigenvalue weighted by molar-refractivity contribution is -0.137. The summed E-state index contributed by atoms with van der Waals surface area (Å²) in [5.74, 6) is -0.0319. The van der Waals surface area contributed by atoms with Crippen molar-refractivity contribution in [2.45, 2.75) is 20.0 Å². The molecule has 2 aromatic rings. The largest absolute Gasteiger partial charge is 0.492 e. The Kier molecular flexibility index (Phi) is 7.35. The molecule has 0 bridgehead atoms. The van der Waals surface area contributed by atoms with E-state index in [2.05, 4.69) is 5.32 Å². The van der Waals surface area contributed by atoms with E-state index in [1.54, 1.807) is 6.07 Å². The molecule has 0 saturated carbocycles. The molecule has 0 atom stereocenters. The molecule has 0 unspecified atom stereocenters. The number of nitrogens with one attached hydrogen (secondary N) is 1. The van der Waals surface area contributed by atoms with Crippen molar-refractivity contribution in [2.24, 2.45) is 0 Å². The van der Waals surface area contributed by atoms with Crippen LogP contribution in [0, 0.1) is 13.8 Å². The lowest BCUT2D eigenvalue weighted by Crippen LogP contribution is -2.41. The van der Waals surface area contributed by atoms with Gasteiger partial charge in [-0.05, 0) is 55.3 Å². The normalized spacial score (nSPS) is 11.8. The smallest absolute Gasteiger partial charge is 0.416 e. The van der Waals surface area contributed by atoms with Crippen LogP contribution in [-0.2, 0) is 21.0 Å². The number of aryl methyl sites for hydroxylation is 2. The molecule has 0 aliphatic carbocycles. The summed E-state index contributed by atoms with van der Waals surface area (Å²) >= 11 is 0. The minimum absolute atomic E-state index is 0.103. The lowest BCUT2D eigenvalue weighted by Gasteiger charge is -2.22. The highest BCUT2D eigenvalue weighted by Gasteiger charge is 2.31. The van der Waals surface area contributed by atoms with E-state index in [0.717, 1.165) is 29.5 Å². The Morgan fingerprint density at radius 1 is 1.10 bits per heavy atom. The van der Waals surface area contributed by atoms with Crippen LogP contribution in [0.2, 0.25) is 0 Å². The number of sulfonamides is 1. The van der Waals surface area contributed by atoms with E-state index >= 15 is 0 Å². The molecule has 0 saturated heterocycles. The average molecular weight is 444 g/mol. The molecule has 2 rings (SSSR count). The van der Waals surface area contributed by atoms with E-state index in [9.17, 15) is 26.4 Å². The summed E-state index contributed by atoms with van der Waals surface area (Å²) in [6.07, 6.45) is -3.81. The summed E-state index contributed by atoms with van der Waals surface area (Å²) in [7, 11) is -3.98. The molecule has 0 radical (unpaired) electrons. The van der Waals surface area contributed by atoms with Gasteiger partial charge in [-0.1, -0.05) is 12.1 Å². The molecule has 1 amide bonds. The fourth-order valence-electron chi connectivity index (χ4n) is 2.59. The SMILES string of the molecule is Cc1ccc(OCCNC(=O)CN(c2cccc(C(F)(F)F)c2)S(C)(=O)=O)cc1C. The summed E-state index contributed by atoms with van der Waals surface area (Å²) in [5.41, 5.74) is 0.928. The number of benzene rings is 2. The maximum absolute atomic E-state index is 12.9. The van der Waals surface area contributed by atoms with E-state index in [4.69, 9.17) is 4.74 Å². The number of hydrogen-bond acceptors (Lipinski definition) is 4. The predicted molar refractivity (Wildman–Crippen MR) is 108 cm³/mol. The van der Waals surface area contributed by atoms with Crippen LogP contribution in [0.5, 0.6) is 5.75 Å². The molecule has 1 N–H and O–H groups in total. The van der Waals surface area contributed by atoms with Crippen molar-refractivity contribution in [1.82, 2.24) is 5.32 Å². The number of carbonyl (C=O) groups excluding carboxylic acids is 1. The van der Waals surface area contributed by atoms with Gasteiger partial charge in [-0.15, -0.1) is 0 Å². The highest BCUT2D eigenvalue weighted by Crippen LogP contribution is 2.32. The third-order valence-corrected chi connectivity index (χ3v) is 5.46. The van der Waals surface area contributed by atoms with Crippen LogP contribution in [0.3, 0.4) is 0 Å². The van der Waals surface area contributed by atoms with Crippen molar-refractivity contribution in [3.63, 3.8) is 0 Å². The molecule has 0 heterocycles. The maximum Gasteiger partial charge on any atom is 0.416 e. The molecule has 2 aromatic carbocycles. The fourth-order valence-corrected chi connectivity index (χ4v) is 3.44. The van der Waals surface area contributed by atoms with Gasteiger partial charge in [0.15, 0.2) is 0 Å². The first-order valence-corrected chi connectivity index (χ1v) is 10.8. The van der Waals surface area contributed by atoms with Crippen molar-refractivity contribution in [3.8, 4) is 5.75 Å². The van der Waals surface area contributed by atoms with Crippen LogP contribution < -0.4 is 14.4 Å². The monoisotopic (exact) mass is 444 g/mol. The number of nitrogens with zero attached hydrogens (tertiary/aromatic N) is 1. The molecule has 30 heavy (non-hydrogen) atoms. The van der Waals surface area contributed by atoms with Crippen LogP contribution in [0.1, 0.15) is 16.7 Å². The predicted octanol–water partition coefficient (Wildman–Crippen LogP) is 3.28. The van der Waals surface area contributed by atoms with Gasteiger partial charge in [0.2, 0.25) is 15.9 Å². The average Bonchev–Trinajstić information content (AvgIpc) is 2.64. The number of anilines is 1. The third-order valence-electron chi connectivity index (χ3n) is 4.32. The molecule has 0 fully saturated rings. The van der Waals surface area contributed by atoms with E-state index in [1.165, 1.54) is 6.07 Å². The van der Waals surface area contributed by atoms with Crippen molar-refractivity contribution in [1.29, 1.82) is 0 Å². The van der Waals surface area contributed by atoms with Gasteiger partial charge in [0, 0.05) is 0 Å². The zero-order valence-corrected chi connectivity index (χ0v) is 17.6. The van der Waals surface area contributed by atoms with Crippen molar-refractivity contribution in [2.75, 3.05) is 30.3 Å². The Morgan fingerprint density at radius 3 is 2.40 bits per heavy atom. The number of carbonyl (C=O) groups is 1. The second-order valence-electron chi connectivity index (χ2n) is 6.76. The standard InChI is InChI=1S/C20H23F3N2O4S/c1-14-7-8-18(11-15(14)2)29-10-9-24-19(26)13-25(30(3,27)28)17-6-4-5-16(12-17)20(21,22)23/h4-8,11-12H,9-10,13H2,1-3H3,(H,24,26). The number of ether oxygens (including phenoxy) is 1. The highest BCUT2D eigenvalue weighted by atomic mass is 32.2. The van der Waals surface area contributed by atoms with E-state index < -0.39 is 34.2 Å². The number of hydrogen-bond donors (Lipinski definition) is 1. The maximum atomic E-state index is 12.9. The molecule has 10 heteroatoms. The van der Waals surface area contributed by atoms with Gasteiger partial charge in [0.05, 0.1) is 24.1 Å². The number of amides is 1. The van der Waals surface area contributed by atoms with Gasteiger partial charge in [0.25, 0.3) is 0 Å².